The second-order valence-corrected chi connectivity index (χ2v) is 4.60. The zero-order valence-electron chi connectivity index (χ0n) is 9.68. The molecule has 0 aliphatic carbocycles. The van der Waals surface area contributed by atoms with E-state index >= 15 is 0 Å². The van der Waals surface area contributed by atoms with Gasteiger partial charge in [0.1, 0.15) is 0 Å². The first-order chi connectivity index (χ1) is 8.20. The second kappa shape index (κ2) is 5.23. The molecule has 0 spiro atoms. The quantitative estimate of drug-likeness (QED) is 0.796. The minimum atomic E-state index is -0.249. The zero-order chi connectivity index (χ0) is 12.3. The van der Waals surface area contributed by atoms with Gasteiger partial charge in [-0.3, -0.25) is 4.79 Å². The number of carbonyl (C=O) groups excluding carboxylic acids is 1. The zero-order valence-corrected chi connectivity index (χ0v) is 10.6. The smallest absolute Gasteiger partial charge is 0.237 e. The standard InChI is InChI=1S/C14H15NOS/c1-2-13(17)14(16)15-12-8-7-10-5-3-4-6-11(10)9-12/h3-9,13,17H,2H2,1H3,(H,15,16). The van der Waals surface area contributed by atoms with Crippen molar-refractivity contribution >= 4 is 35.0 Å². The van der Waals surface area contributed by atoms with Crippen molar-refractivity contribution in [2.45, 2.75) is 18.6 Å². The topological polar surface area (TPSA) is 29.1 Å². The maximum atomic E-state index is 11.7. The summed E-state index contributed by atoms with van der Waals surface area (Å²) in [6, 6.07) is 14.0. The highest BCUT2D eigenvalue weighted by atomic mass is 32.1. The van der Waals surface area contributed by atoms with Gasteiger partial charge >= 0.3 is 0 Å². The molecule has 0 aliphatic rings. The lowest BCUT2D eigenvalue weighted by atomic mass is 10.1. The van der Waals surface area contributed by atoms with E-state index in [1.54, 1.807) is 0 Å². The fourth-order valence-electron chi connectivity index (χ4n) is 1.68. The molecule has 1 atom stereocenters. The van der Waals surface area contributed by atoms with Crippen molar-refractivity contribution in [2.24, 2.45) is 0 Å². The number of amides is 1. The van der Waals surface area contributed by atoms with E-state index in [4.69, 9.17) is 0 Å². The number of hydrogen-bond acceptors (Lipinski definition) is 2. The van der Waals surface area contributed by atoms with Crippen molar-refractivity contribution in [3.63, 3.8) is 0 Å². The number of benzene rings is 2. The molecular formula is C14H15NOS. The molecule has 1 amide bonds. The van der Waals surface area contributed by atoms with Crippen LogP contribution in [0.25, 0.3) is 10.8 Å². The summed E-state index contributed by atoms with van der Waals surface area (Å²) in [5.41, 5.74) is 0.821. The van der Waals surface area contributed by atoms with E-state index in [2.05, 4.69) is 17.9 Å². The van der Waals surface area contributed by atoms with Crippen LogP contribution in [0.2, 0.25) is 0 Å². The predicted octanol–water partition coefficient (Wildman–Crippen LogP) is 3.49. The fraction of sp³-hybridized carbons (Fsp3) is 0.214. The van der Waals surface area contributed by atoms with Crippen LogP contribution in [-0.2, 0) is 4.79 Å². The van der Waals surface area contributed by atoms with Crippen molar-refractivity contribution in [3.05, 3.63) is 42.5 Å². The highest BCUT2D eigenvalue weighted by molar-refractivity contribution is 7.81. The van der Waals surface area contributed by atoms with E-state index in [0.29, 0.717) is 0 Å². The lowest BCUT2D eigenvalue weighted by molar-refractivity contribution is -0.115. The Kier molecular flexibility index (Phi) is 3.69. The van der Waals surface area contributed by atoms with Crippen molar-refractivity contribution in [1.29, 1.82) is 0 Å². The molecule has 17 heavy (non-hydrogen) atoms. The van der Waals surface area contributed by atoms with E-state index in [1.807, 2.05) is 49.4 Å². The van der Waals surface area contributed by atoms with Crippen LogP contribution in [0.5, 0.6) is 0 Å². The number of nitrogens with one attached hydrogen (secondary N) is 1. The molecule has 1 unspecified atom stereocenters. The van der Waals surface area contributed by atoms with Gasteiger partial charge < -0.3 is 5.32 Å². The van der Waals surface area contributed by atoms with Gasteiger partial charge in [0.05, 0.1) is 5.25 Å². The average Bonchev–Trinajstić information content (AvgIpc) is 2.37. The molecule has 2 nitrogen and oxygen atoms in total. The Morgan fingerprint density at radius 1 is 1.24 bits per heavy atom. The molecule has 0 aromatic heterocycles. The van der Waals surface area contributed by atoms with Crippen LogP contribution in [-0.4, -0.2) is 11.2 Å². The molecule has 0 saturated carbocycles. The molecule has 3 heteroatoms. The molecule has 2 rings (SSSR count). The van der Waals surface area contributed by atoms with E-state index in [1.165, 1.54) is 5.39 Å². The van der Waals surface area contributed by atoms with Crippen LogP contribution in [0.4, 0.5) is 5.69 Å². The molecule has 0 bridgehead atoms. The molecular weight excluding hydrogens is 230 g/mol. The summed E-state index contributed by atoms with van der Waals surface area (Å²) in [7, 11) is 0. The molecule has 0 aliphatic heterocycles. The maximum absolute atomic E-state index is 11.7. The predicted molar refractivity (Wildman–Crippen MR) is 75.6 cm³/mol. The van der Waals surface area contributed by atoms with Crippen molar-refractivity contribution in [3.8, 4) is 0 Å². The maximum Gasteiger partial charge on any atom is 0.237 e. The number of anilines is 1. The third-order valence-electron chi connectivity index (χ3n) is 2.71. The van der Waals surface area contributed by atoms with Gasteiger partial charge in [-0.2, -0.15) is 12.6 Å². The molecule has 0 fully saturated rings. The van der Waals surface area contributed by atoms with Gasteiger partial charge in [0.2, 0.25) is 5.91 Å². The molecule has 2 aromatic rings. The lowest BCUT2D eigenvalue weighted by Gasteiger charge is -2.10. The highest BCUT2D eigenvalue weighted by Crippen LogP contribution is 2.19. The molecule has 0 saturated heterocycles. The summed E-state index contributed by atoms with van der Waals surface area (Å²) in [5.74, 6) is -0.0499. The summed E-state index contributed by atoms with van der Waals surface area (Å²) in [6.07, 6.45) is 0.725. The van der Waals surface area contributed by atoms with E-state index in [-0.39, 0.29) is 11.2 Å². The van der Waals surface area contributed by atoms with E-state index in [0.717, 1.165) is 17.5 Å². The van der Waals surface area contributed by atoms with Gasteiger partial charge in [-0.15, -0.1) is 0 Å². The second-order valence-electron chi connectivity index (χ2n) is 3.98. The fourth-order valence-corrected chi connectivity index (χ4v) is 1.74. The molecule has 0 heterocycles. The normalized spacial score (nSPS) is 12.4. The van der Waals surface area contributed by atoms with E-state index in [9.17, 15) is 4.79 Å². The SMILES string of the molecule is CCC(S)C(=O)Nc1ccc2ccccc2c1. The van der Waals surface area contributed by atoms with Crippen molar-refractivity contribution < 1.29 is 4.79 Å². The number of fused-ring (bicyclic) bond motifs is 1. The molecule has 0 radical (unpaired) electrons. The van der Waals surface area contributed by atoms with Crippen molar-refractivity contribution in [1.82, 2.24) is 0 Å². The third-order valence-corrected chi connectivity index (χ3v) is 3.31. The van der Waals surface area contributed by atoms with E-state index < -0.39 is 0 Å². The molecule has 1 N–H and O–H groups in total. The van der Waals surface area contributed by atoms with Crippen LogP contribution in [0.1, 0.15) is 13.3 Å². The number of hydrogen-bond donors (Lipinski definition) is 2. The molecule has 2 aromatic carbocycles. The Bertz CT molecular complexity index is 538. The summed E-state index contributed by atoms with van der Waals surface area (Å²) >= 11 is 4.22. The number of carbonyl (C=O) groups is 1. The van der Waals surface area contributed by atoms with Crippen LogP contribution in [0, 0.1) is 0 Å². The van der Waals surface area contributed by atoms with Crippen molar-refractivity contribution in [2.75, 3.05) is 5.32 Å². The Morgan fingerprint density at radius 3 is 2.65 bits per heavy atom. The summed E-state index contributed by atoms with van der Waals surface area (Å²) < 4.78 is 0. The van der Waals surface area contributed by atoms with Gasteiger partial charge in [0.25, 0.3) is 0 Å². The van der Waals surface area contributed by atoms with Crippen LogP contribution in [0.15, 0.2) is 42.5 Å². The average molecular weight is 245 g/mol. The monoisotopic (exact) mass is 245 g/mol. The Balaban J connectivity index is 2.22. The van der Waals surface area contributed by atoms with Gasteiger partial charge in [0.15, 0.2) is 0 Å². The highest BCUT2D eigenvalue weighted by Gasteiger charge is 2.11. The van der Waals surface area contributed by atoms with Crippen LogP contribution >= 0.6 is 12.6 Å². The summed E-state index contributed by atoms with van der Waals surface area (Å²) in [4.78, 5) is 11.7. The Hall–Kier alpha value is -1.48. The first-order valence-electron chi connectivity index (χ1n) is 5.68. The first kappa shape index (κ1) is 12.0. The lowest BCUT2D eigenvalue weighted by Crippen LogP contribution is -2.22. The Morgan fingerprint density at radius 2 is 1.94 bits per heavy atom. The third kappa shape index (κ3) is 2.80. The minimum Gasteiger partial charge on any atom is -0.325 e. The molecule has 88 valence electrons. The minimum absolute atomic E-state index is 0.0499. The summed E-state index contributed by atoms with van der Waals surface area (Å²) in [5, 5.41) is 4.91. The number of rotatable bonds is 3. The summed E-state index contributed by atoms with van der Waals surface area (Å²) in [6.45, 7) is 1.94. The van der Waals surface area contributed by atoms with Gasteiger partial charge in [-0.1, -0.05) is 37.3 Å². The van der Waals surface area contributed by atoms with Gasteiger partial charge in [0, 0.05) is 5.69 Å². The van der Waals surface area contributed by atoms with Gasteiger partial charge in [-0.05, 0) is 29.3 Å². The largest absolute Gasteiger partial charge is 0.325 e. The van der Waals surface area contributed by atoms with Crippen LogP contribution < -0.4 is 5.32 Å². The number of thiol groups is 1. The Labute approximate surface area is 106 Å². The van der Waals surface area contributed by atoms with Crippen LogP contribution in [0.3, 0.4) is 0 Å². The first-order valence-corrected chi connectivity index (χ1v) is 6.20. The van der Waals surface area contributed by atoms with Gasteiger partial charge in [-0.25, -0.2) is 0 Å².